The average molecular weight is 333 g/mol. The number of ether oxygens (including phenoxy) is 1. The quantitative estimate of drug-likeness (QED) is 0.702. The molecule has 3 rings (SSSR count). The number of hydrogen-bond donors (Lipinski definition) is 1. The van der Waals surface area contributed by atoms with Crippen molar-refractivity contribution in [2.75, 3.05) is 5.73 Å². The van der Waals surface area contributed by atoms with Gasteiger partial charge >= 0.3 is 0 Å². The molecule has 1 heterocycles. The van der Waals surface area contributed by atoms with Gasteiger partial charge in [0.05, 0.1) is 11.2 Å². The Morgan fingerprint density at radius 1 is 1.15 bits per heavy atom. The van der Waals surface area contributed by atoms with Crippen molar-refractivity contribution in [2.45, 2.75) is 0 Å². The number of nitrogens with zero attached hydrogens (tertiary/aromatic N) is 1. The SMILES string of the molecule is Nc1c(Oc2cc(F)cc(Br)c2)ccc2ncccc12. The van der Waals surface area contributed by atoms with E-state index in [0.717, 1.165) is 10.9 Å². The molecule has 0 atom stereocenters. The third-order valence-electron chi connectivity index (χ3n) is 2.85. The largest absolute Gasteiger partial charge is 0.455 e. The maximum absolute atomic E-state index is 13.3. The number of nitrogens with two attached hydrogens (primary N) is 1. The minimum Gasteiger partial charge on any atom is -0.455 e. The molecule has 0 fully saturated rings. The van der Waals surface area contributed by atoms with Crippen molar-refractivity contribution in [1.29, 1.82) is 0 Å². The summed E-state index contributed by atoms with van der Waals surface area (Å²) < 4.78 is 19.6. The molecule has 0 saturated carbocycles. The molecule has 0 unspecified atom stereocenters. The van der Waals surface area contributed by atoms with E-state index in [1.54, 1.807) is 24.4 Å². The summed E-state index contributed by atoms with van der Waals surface area (Å²) in [5, 5.41) is 0.806. The Kier molecular flexibility index (Phi) is 3.28. The molecule has 0 radical (unpaired) electrons. The van der Waals surface area contributed by atoms with Gasteiger partial charge in [-0.15, -0.1) is 0 Å². The molecular formula is C15H10BrFN2O. The van der Waals surface area contributed by atoms with Crippen LogP contribution in [0, 0.1) is 5.82 Å². The van der Waals surface area contributed by atoms with E-state index < -0.39 is 0 Å². The molecule has 0 aliphatic carbocycles. The molecule has 0 spiro atoms. The predicted molar refractivity (Wildman–Crippen MR) is 80.3 cm³/mol. The lowest BCUT2D eigenvalue weighted by Crippen LogP contribution is -1.94. The molecule has 20 heavy (non-hydrogen) atoms. The van der Waals surface area contributed by atoms with Crippen molar-refractivity contribution in [3.05, 3.63) is 59.0 Å². The van der Waals surface area contributed by atoms with Gasteiger partial charge in [0, 0.05) is 22.1 Å². The maximum atomic E-state index is 13.3. The fourth-order valence-corrected chi connectivity index (χ4v) is 2.40. The van der Waals surface area contributed by atoms with Gasteiger partial charge in [0.25, 0.3) is 0 Å². The summed E-state index contributed by atoms with van der Waals surface area (Å²) in [6.07, 6.45) is 1.70. The number of fused-ring (bicyclic) bond motifs is 1. The number of pyridine rings is 1. The summed E-state index contributed by atoms with van der Waals surface area (Å²) >= 11 is 3.22. The fourth-order valence-electron chi connectivity index (χ4n) is 1.96. The summed E-state index contributed by atoms with van der Waals surface area (Å²) in [4.78, 5) is 4.22. The van der Waals surface area contributed by atoms with E-state index in [9.17, 15) is 4.39 Å². The van der Waals surface area contributed by atoms with Gasteiger partial charge in [-0.3, -0.25) is 4.98 Å². The van der Waals surface area contributed by atoms with Gasteiger partial charge in [0.1, 0.15) is 11.6 Å². The lowest BCUT2D eigenvalue weighted by atomic mass is 10.1. The first-order chi connectivity index (χ1) is 9.63. The third-order valence-corrected chi connectivity index (χ3v) is 3.31. The number of hydrogen-bond acceptors (Lipinski definition) is 3. The summed E-state index contributed by atoms with van der Waals surface area (Å²) in [5.41, 5.74) is 7.34. The van der Waals surface area contributed by atoms with Crippen molar-refractivity contribution in [1.82, 2.24) is 4.98 Å². The lowest BCUT2D eigenvalue weighted by Gasteiger charge is -2.10. The zero-order valence-electron chi connectivity index (χ0n) is 10.3. The molecule has 3 aromatic rings. The van der Waals surface area contributed by atoms with Crippen molar-refractivity contribution >= 4 is 32.5 Å². The van der Waals surface area contributed by atoms with E-state index in [0.29, 0.717) is 21.7 Å². The predicted octanol–water partition coefficient (Wildman–Crippen LogP) is 4.51. The van der Waals surface area contributed by atoms with Crippen molar-refractivity contribution in [3.63, 3.8) is 0 Å². The van der Waals surface area contributed by atoms with Crippen LogP contribution in [0.4, 0.5) is 10.1 Å². The third kappa shape index (κ3) is 2.44. The minimum absolute atomic E-state index is 0.379. The molecule has 3 nitrogen and oxygen atoms in total. The topological polar surface area (TPSA) is 48.1 Å². The second-order valence-corrected chi connectivity index (χ2v) is 5.17. The number of nitrogen functional groups attached to an aromatic ring is 1. The monoisotopic (exact) mass is 332 g/mol. The number of rotatable bonds is 2. The van der Waals surface area contributed by atoms with E-state index in [1.165, 1.54) is 12.1 Å². The van der Waals surface area contributed by atoms with Crippen molar-refractivity contribution in [3.8, 4) is 11.5 Å². The van der Waals surface area contributed by atoms with Crippen LogP contribution in [0.15, 0.2) is 53.1 Å². The molecule has 0 bridgehead atoms. The molecule has 0 aliphatic heterocycles. The first-order valence-electron chi connectivity index (χ1n) is 5.90. The molecule has 100 valence electrons. The van der Waals surface area contributed by atoms with E-state index in [-0.39, 0.29) is 5.82 Å². The van der Waals surface area contributed by atoms with Crippen LogP contribution in [0.1, 0.15) is 0 Å². The smallest absolute Gasteiger partial charge is 0.151 e. The van der Waals surface area contributed by atoms with E-state index >= 15 is 0 Å². The van der Waals surface area contributed by atoms with Gasteiger partial charge in [-0.25, -0.2) is 4.39 Å². The highest BCUT2D eigenvalue weighted by atomic mass is 79.9. The van der Waals surface area contributed by atoms with Crippen LogP contribution in [0.25, 0.3) is 10.9 Å². The summed E-state index contributed by atoms with van der Waals surface area (Å²) in [6, 6.07) is 11.6. The molecule has 2 N–H and O–H groups in total. The van der Waals surface area contributed by atoms with Crippen LogP contribution in [-0.4, -0.2) is 4.98 Å². The summed E-state index contributed by atoms with van der Waals surface area (Å²) in [5.74, 6) is 0.477. The van der Waals surface area contributed by atoms with Crippen LogP contribution in [0.5, 0.6) is 11.5 Å². The Balaban J connectivity index is 2.04. The minimum atomic E-state index is -0.379. The molecule has 5 heteroatoms. The highest BCUT2D eigenvalue weighted by Crippen LogP contribution is 2.34. The second-order valence-electron chi connectivity index (χ2n) is 4.25. The molecule has 1 aromatic heterocycles. The number of halogens is 2. The zero-order chi connectivity index (χ0) is 14.1. The summed E-state index contributed by atoms with van der Waals surface area (Å²) in [7, 11) is 0. The molecular weight excluding hydrogens is 323 g/mol. The Morgan fingerprint density at radius 3 is 2.80 bits per heavy atom. The van der Waals surface area contributed by atoms with Gasteiger partial charge in [-0.1, -0.05) is 15.9 Å². The van der Waals surface area contributed by atoms with E-state index in [2.05, 4.69) is 20.9 Å². The van der Waals surface area contributed by atoms with Crippen LogP contribution in [-0.2, 0) is 0 Å². The standard InChI is InChI=1S/C15H10BrFN2O/c16-9-6-10(17)8-11(7-9)20-14-4-3-13-12(15(14)18)2-1-5-19-13/h1-8H,18H2. The van der Waals surface area contributed by atoms with Crippen LogP contribution in [0.2, 0.25) is 0 Å². The van der Waals surface area contributed by atoms with Crippen molar-refractivity contribution in [2.24, 2.45) is 0 Å². The molecule has 2 aromatic carbocycles. The van der Waals surface area contributed by atoms with Crippen molar-refractivity contribution < 1.29 is 9.13 Å². The number of anilines is 1. The highest BCUT2D eigenvalue weighted by Gasteiger charge is 2.08. The first kappa shape index (κ1) is 12.9. The van der Waals surface area contributed by atoms with Crippen LogP contribution < -0.4 is 10.5 Å². The summed E-state index contributed by atoms with van der Waals surface area (Å²) in [6.45, 7) is 0. The second kappa shape index (κ2) is 5.09. The Morgan fingerprint density at radius 2 is 2.00 bits per heavy atom. The number of benzene rings is 2. The van der Waals surface area contributed by atoms with Gasteiger partial charge in [0.15, 0.2) is 5.75 Å². The normalized spacial score (nSPS) is 10.7. The van der Waals surface area contributed by atoms with Gasteiger partial charge in [-0.2, -0.15) is 0 Å². The molecule has 0 saturated heterocycles. The van der Waals surface area contributed by atoms with E-state index in [1.807, 2.05) is 12.1 Å². The maximum Gasteiger partial charge on any atom is 0.151 e. The Bertz CT molecular complexity index is 772. The van der Waals surface area contributed by atoms with Crippen LogP contribution in [0.3, 0.4) is 0 Å². The first-order valence-corrected chi connectivity index (χ1v) is 6.70. The lowest BCUT2D eigenvalue weighted by molar-refractivity contribution is 0.479. The van der Waals surface area contributed by atoms with Crippen LogP contribution >= 0.6 is 15.9 Å². The molecule has 0 amide bonds. The fraction of sp³-hybridized carbons (Fsp3) is 0. The number of aromatic nitrogens is 1. The highest BCUT2D eigenvalue weighted by molar-refractivity contribution is 9.10. The van der Waals surface area contributed by atoms with Gasteiger partial charge in [-0.05, 0) is 36.4 Å². The van der Waals surface area contributed by atoms with Gasteiger partial charge < -0.3 is 10.5 Å². The zero-order valence-corrected chi connectivity index (χ0v) is 11.9. The average Bonchev–Trinajstić information content (AvgIpc) is 2.41. The Labute approximate surface area is 123 Å². The van der Waals surface area contributed by atoms with E-state index in [4.69, 9.17) is 10.5 Å². The van der Waals surface area contributed by atoms with Gasteiger partial charge in [0.2, 0.25) is 0 Å². The molecule has 0 aliphatic rings. The Hall–Kier alpha value is -2.14.